The Morgan fingerprint density at radius 1 is 1.24 bits per heavy atom. The Bertz CT molecular complexity index is 947. The number of thiazole rings is 1. The van der Waals surface area contributed by atoms with Crippen molar-refractivity contribution in [2.45, 2.75) is 0 Å². The standard InChI is InChI=1S/C17H12N2O5S/c1-23-13-7-6-11(19(21)22)10-14(13)24-17(20)9-8-16-18-12-4-2-3-5-15(12)25-16/h2-10H,1H3/b9-8+. The van der Waals surface area contributed by atoms with Crippen molar-refractivity contribution in [2.24, 2.45) is 0 Å². The van der Waals surface area contributed by atoms with Crippen molar-refractivity contribution in [3.05, 3.63) is 63.7 Å². The number of benzene rings is 2. The van der Waals surface area contributed by atoms with Crippen molar-refractivity contribution in [2.75, 3.05) is 7.11 Å². The zero-order valence-corrected chi connectivity index (χ0v) is 13.9. The molecule has 0 aliphatic carbocycles. The number of nitrogens with zero attached hydrogens (tertiary/aromatic N) is 2. The van der Waals surface area contributed by atoms with Gasteiger partial charge in [0, 0.05) is 12.1 Å². The van der Waals surface area contributed by atoms with Crippen LogP contribution < -0.4 is 9.47 Å². The maximum Gasteiger partial charge on any atom is 0.336 e. The molecule has 25 heavy (non-hydrogen) atoms. The number of fused-ring (bicyclic) bond motifs is 1. The molecule has 0 bridgehead atoms. The molecule has 3 aromatic rings. The number of hydrogen-bond donors (Lipinski definition) is 0. The molecule has 126 valence electrons. The van der Waals surface area contributed by atoms with E-state index >= 15 is 0 Å². The predicted octanol–water partition coefficient (Wildman–Crippen LogP) is 3.83. The summed E-state index contributed by atoms with van der Waals surface area (Å²) in [5, 5.41) is 11.5. The Labute approximate surface area is 146 Å². The minimum atomic E-state index is -0.682. The van der Waals surface area contributed by atoms with E-state index in [1.165, 1.54) is 42.7 Å². The molecule has 0 fully saturated rings. The van der Waals surface area contributed by atoms with Crippen LogP contribution in [0, 0.1) is 10.1 Å². The van der Waals surface area contributed by atoms with Crippen LogP contribution in [0.3, 0.4) is 0 Å². The summed E-state index contributed by atoms with van der Waals surface area (Å²) in [7, 11) is 1.38. The van der Waals surface area contributed by atoms with Crippen molar-refractivity contribution in [3.63, 3.8) is 0 Å². The predicted molar refractivity (Wildman–Crippen MR) is 93.9 cm³/mol. The smallest absolute Gasteiger partial charge is 0.336 e. The summed E-state index contributed by atoms with van der Waals surface area (Å²) in [5.74, 6) is -0.471. The average molecular weight is 356 g/mol. The van der Waals surface area contributed by atoms with Gasteiger partial charge in [-0.3, -0.25) is 10.1 Å². The molecule has 0 amide bonds. The number of rotatable bonds is 5. The van der Waals surface area contributed by atoms with Crippen LogP contribution in [0.2, 0.25) is 0 Å². The number of hydrogen-bond acceptors (Lipinski definition) is 7. The van der Waals surface area contributed by atoms with Crippen LogP contribution in [0.15, 0.2) is 48.5 Å². The SMILES string of the molecule is COc1ccc([N+](=O)[O-])cc1OC(=O)/C=C/c1nc2ccccc2s1. The molecule has 8 heteroatoms. The van der Waals surface area contributed by atoms with Crippen LogP contribution in [-0.4, -0.2) is 23.0 Å². The highest BCUT2D eigenvalue weighted by atomic mass is 32.1. The Kier molecular flexibility index (Phi) is 4.71. The first-order chi connectivity index (χ1) is 12.1. The van der Waals surface area contributed by atoms with Crippen molar-refractivity contribution in [3.8, 4) is 11.5 Å². The number of ether oxygens (including phenoxy) is 2. The molecule has 7 nitrogen and oxygen atoms in total. The first kappa shape index (κ1) is 16.6. The molecule has 0 radical (unpaired) electrons. The van der Waals surface area contributed by atoms with Gasteiger partial charge in [-0.2, -0.15) is 0 Å². The number of nitro groups is 1. The van der Waals surface area contributed by atoms with Gasteiger partial charge in [0.15, 0.2) is 11.5 Å². The van der Waals surface area contributed by atoms with E-state index in [2.05, 4.69) is 4.98 Å². The van der Waals surface area contributed by atoms with Gasteiger partial charge in [0.1, 0.15) is 5.01 Å². The van der Waals surface area contributed by atoms with Gasteiger partial charge in [-0.05, 0) is 24.3 Å². The molecule has 0 spiro atoms. The number of non-ortho nitro benzene ring substituents is 1. The highest BCUT2D eigenvalue weighted by Crippen LogP contribution is 2.31. The summed E-state index contributed by atoms with van der Waals surface area (Å²) in [5.41, 5.74) is 0.652. The number of para-hydroxylation sites is 1. The van der Waals surface area contributed by atoms with E-state index in [0.29, 0.717) is 5.01 Å². The highest BCUT2D eigenvalue weighted by molar-refractivity contribution is 7.19. The number of nitro benzene ring substituents is 1. The molecule has 0 saturated carbocycles. The monoisotopic (exact) mass is 356 g/mol. The maximum atomic E-state index is 12.0. The molecule has 1 heterocycles. The normalized spacial score (nSPS) is 10.9. The van der Waals surface area contributed by atoms with E-state index in [4.69, 9.17) is 9.47 Å². The molecule has 0 aliphatic rings. The van der Waals surface area contributed by atoms with Crippen LogP contribution in [0.4, 0.5) is 5.69 Å². The first-order valence-electron chi connectivity index (χ1n) is 7.15. The van der Waals surface area contributed by atoms with E-state index in [1.54, 1.807) is 0 Å². The quantitative estimate of drug-likeness (QED) is 0.227. The lowest BCUT2D eigenvalue weighted by atomic mass is 10.3. The molecule has 3 rings (SSSR count). The Hall–Kier alpha value is -3.26. The lowest BCUT2D eigenvalue weighted by Crippen LogP contribution is -2.05. The van der Waals surface area contributed by atoms with Crippen LogP contribution in [-0.2, 0) is 4.79 Å². The van der Waals surface area contributed by atoms with Gasteiger partial charge in [-0.25, -0.2) is 9.78 Å². The second-order valence-corrected chi connectivity index (χ2v) is 5.93. The van der Waals surface area contributed by atoms with Gasteiger partial charge >= 0.3 is 5.97 Å². The zero-order valence-electron chi connectivity index (χ0n) is 13.0. The number of carbonyl (C=O) groups is 1. The first-order valence-corrected chi connectivity index (χ1v) is 7.96. The summed E-state index contributed by atoms with van der Waals surface area (Å²) in [6, 6.07) is 11.4. The molecule has 0 N–H and O–H groups in total. The van der Waals surface area contributed by atoms with Crippen LogP contribution in [0.1, 0.15) is 5.01 Å². The molecule has 0 unspecified atom stereocenters. The van der Waals surface area contributed by atoms with Crippen LogP contribution >= 0.6 is 11.3 Å². The molecule has 1 aromatic heterocycles. The topological polar surface area (TPSA) is 91.6 Å². The van der Waals surface area contributed by atoms with Crippen molar-refractivity contribution in [1.82, 2.24) is 4.98 Å². The Balaban J connectivity index is 1.77. The van der Waals surface area contributed by atoms with Gasteiger partial charge in [0.25, 0.3) is 5.69 Å². The van der Waals surface area contributed by atoms with E-state index in [-0.39, 0.29) is 17.2 Å². The fourth-order valence-corrected chi connectivity index (χ4v) is 2.97. The van der Waals surface area contributed by atoms with Gasteiger partial charge in [0.2, 0.25) is 0 Å². The minimum absolute atomic E-state index is 0.0179. The summed E-state index contributed by atoms with van der Waals surface area (Å²) in [6.45, 7) is 0. The van der Waals surface area contributed by atoms with Crippen molar-refractivity contribution < 1.29 is 19.2 Å². The fraction of sp³-hybridized carbons (Fsp3) is 0.0588. The van der Waals surface area contributed by atoms with Gasteiger partial charge in [0.05, 0.1) is 28.3 Å². The van der Waals surface area contributed by atoms with E-state index in [1.807, 2.05) is 24.3 Å². The van der Waals surface area contributed by atoms with Crippen LogP contribution in [0.5, 0.6) is 11.5 Å². The second kappa shape index (κ2) is 7.10. The molecule has 2 aromatic carbocycles. The van der Waals surface area contributed by atoms with E-state index in [0.717, 1.165) is 16.3 Å². The second-order valence-electron chi connectivity index (χ2n) is 4.87. The summed E-state index contributed by atoms with van der Waals surface area (Å²) in [4.78, 5) is 26.6. The lowest BCUT2D eigenvalue weighted by molar-refractivity contribution is -0.384. The summed E-state index contributed by atoms with van der Waals surface area (Å²) >= 11 is 1.44. The molecule has 0 aliphatic heterocycles. The van der Waals surface area contributed by atoms with Crippen molar-refractivity contribution in [1.29, 1.82) is 0 Å². The zero-order chi connectivity index (χ0) is 17.8. The van der Waals surface area contributed by atoms with Gasteiger partial charge in [-0.1, -0.05) is 12.1 Å². The van der Waals surface area contributed by atoms with E-state index in [9.17, 15) is 14.9 Å². The number of methoxy groups -OCH3 is 1. The maximum absolute atomic E-state index is 12.0. The number of aromatic nitrogens is 1. The van der Waals surface area contributed by atoms with E-state index < -0.39 is 10.9 Å². The Morgan fingerprint density at radius 2 is 2.04 bits per heavy atom. The minimum Gasteiger partial charge on any atom is -0.493 e. The molecular formula is C17H12N2O5S. The van der Waals surface area contributed by atoms with Crippen LogP contribution in [0.25, 0.3) is 16.3 Å². The molecule has 0 atom stereocenters. The van der Waals surface area contributed by atoms with Gasteiger partial charge in [-0.15, -0.1) is 11.3 Å². The summed E-state index contributed by atoms with van der Waals surface area (Å²) < 4.78 is 11.2. The van der Waals surface area contributed by atoms with Gasteiger partial charge < -0.3 is 9.47 Å². The molecule has 0 saturated heterocycles. The fourth-order valence-electron chi connectivity index (χ4n) is 2.10. The Morgan fingerprint density at radius 3 is 2.76 bits per heavy atom. The van der Waals surface area contributed by atoms with Crippen molar-refractivity contribution >= 4 is 39.3 Å². The average Bonchev–Trinajstić information content (AvgIpc) is 3.03. The molecular weight excluding hydrogens is 344 g/mol. The highest BCUT2D eigenvalue weighted by Gasteiger charge is 2.14. The third-order valence-corrected chi connectivity index (χ3v) is 4.24. The number of carbonyl (C=O) groups excluding carboxylic acids is 1. The largest absolute Gasteiger partial charge is 0.493 e. The summed E-state index contributed by atoms with van der Waals surface area (Å²) in [6.07, 6.45) is 2.76. The number of esters is 1. The third kappa shape index (κ3) is 3.81. The third-order valence-electron chi connectivity index (χ3n) is 3.24. The lowest BCUT2D eigenvalue weighted by Gasteiger charge is -2.07.